The number of benzene rings is 1. The van der Waals surface area contributed by atoms with Crippen LogP contribution in [0.3, 0.4) is 0 Å². The zero-order valence-electron chi connectivity index (χ0n) is 13.4. The van der Waals surface area contributed by atoms with Crippen molar-refractivity contribution in [3.8, 4) is 0 Å². The van der Waals surface area contributed by atoms with Gasteiger partial charge in [0.15, 0.2) is 0 Å². The molecule has 0 saturated heterocycles. The van der Waals surface area contributed by atoms with Crippen molar-refractivity contribution in [1.82, 2.24) is 0 Å². The Labute approximate surface area is 134 Å². The molecule has 1 saturated carbocycles. The van der Waals surface area contributed by atoms with Crippen LogP contribution in [0, 0.1) is 17.8 Å². The highest BCUT2D eigenvalue weighted by atomic mass is 35.5. The van der Waals surface area contributed by atoms with Gasteiger partial charge in [0.2, 0.25) is 0 Å². The van der Waals surface area contributed by atoms with Gasteiger partial charge in [-0.3, -0.25) is 0 Å². The first-order chi connectivity index (χ1) is 10.0. The summed E-state index contributed by atoms with van der Waals surface area (Å²) in [6.07, 6.45) is 4.14. The zero-order valence-corrected chi connectivity index (χ0v) is 14.2. The van der Waals surface area contributed by atoms with Crippen molar-refractivity contribution in [3.63, 3.8) is 0 Å². The molecule has 3 unspecified atom stereocenters. The van der Waals surface area contributed by atoms with Gasteiger partial charge in [-0.15, -0.1) is 0 Å². The van der Waals surface area contributed by atoms with Crippen LogP contribution in [0.4, 0.5) is 0 Å². The molecule has 1 aliphatic rings. The molecular formula is C18H28ClNO. The summed E-state index contributed by atoms with van der Waals surface area (Å²) in [5, 5.41) is 0.767. The maximum atomic E-state index is 6.32. The second-order valence-corrected chi connectivity index (χ2v) is 7.21. The van der Waals surface area contributed by atoms with E-state index in [4.69, 9.17) is 22.1 Å². The summed E-state index contributed by atoms with van der Waals surface area (Å²) in [6.45, 7) is 8.07. The van der Waals surface area contributed by atoms with Crippen molar-refractivity contribution in [2.45, 2.75) is 59.3 Å². The van der Waals surface area contributed by atoms with Crippen LogP contribution in [0.15, 0.2) is 18.2 Å². The molecule has 0 bridgehead atoms. The molecule has 2 rings (SSSR count). The third kappa shape index (κ3) is 4.45. The predicted octanol–water partition coefficient (Wildman–Crippen LogP) is 4.78. The molecule has 0 aliphatic heterocycles. The summed E-state index contributed by atoms with van der Waals surface area (Å²) in [5.74, 6) is 2.11. The number of hydrogen-bond acceptors (Lipinski definition) is 2. The third-order valence-corrected chi connectivity index (χ3v) is 5.12. The lowest BCUT2D eigenvalue weighted by Crippen LogP contribution is -2.34. The van der Waals surface area contributed by atoms with Crippen LogP contribution < -0.4 is 5.73 Å². The average Bonchev–Trinajstić information content (AvgIpc) is 2.45. The van der Waals surface area contributed by atoms with E-state index in [9.17, 15) is 0 Å². The van der Waals surface area contributed by atoms with E-state index in [0.29, 0.717) is 31.1 Å². The van der Waals surface area contributed by atoms with Gasteiger partial charge in [-0.05, 0) is 47.8 Å². The molecule has 2 N–H and O–H groups in total. The molecule has 0 amide bonds. The average molecular weight is 310 g/mol. The monoisotopic (exact) mass is 309 g/mol. The smallest absolute Gasteiger partial charge is 0.0735 e. The molecule has 0 heterocycles. The van der Waals surface area contributed by atoms with Gasteiger partial charge in [0, 0.05) is 11.6 Å². The minimum Gasteiger partial charge on any atom is -0.373 e. The molecule has 1 aliphatic carbocycles. The molecule has 0 spiro atoms. The fourth-order valence-corrected chi connectivity index (χ4v) is 3.60. The molecule has 118 valence electrons. The fourth-order valence-electron chi connectivity index (χ4n) is 3.34. The van der Waals surface area contributed by atoms with E-state index in [0.717, 1.165) is 22.1 Å². The Morgan fingerprint density at radius 3 is 2.71 bits per heavy atom. The highest BCUT2D eigenvalue weighted by Crippen LogP contribution is 2.36. The van der Waals surface area contributed by atoms with Crippen LogP contribution in [0.5, 0.6) is 0 Å². The maximum Gasteiger partial charge on any atom is 0.0735 e. The fraction of sp³-hybridized carbons (Fsp3) is 0.667. The molecule has 21 heavy (non-hydrogen) atoms. The Kier molecular flexibility index (Phi) is 6.09. The lowest BCUT2D eigenvalue weighted by Gasteiger charge is -2.37. The van der Waals surface area contributed by atoms with E-state index < -0.39 is 0 Å². The molecule has 2 nitrogen and oxygen atoms in total. The van der Waals surface area contributed by atoms with Gasteiger partial charge in [0.05, 0.1) is 12.7 Å². The summed E-state index contributed by atoms with van der Waals surface area (Å²) in [6, 6.07) is 6.03. The Morgan fingerprint density at radius 2 is 2.10 bits per heavy atom. The Balaban J connectivity index is 2.00. The summed E-state index contributed by atoms with van der Waals surface area (Å²) in [7, 11) is 0. The van der Waals surface area contributed by atoms with Gasteiger partial charge in [-0.25, -0.2) is 0 Å². The lowest BCUT2D eigenvalue weighted by molar-refractivity contribution is -0.0472. The van der Waals surface area contributed by atoms with Gasteiger partial charge in [-0.1, -0.05) is 50.9 Å². The summed E-state index contributed by atoms with van der Waals surface area (Å²) < 4.78 is 6.25. The number of ether oxygens (including phenoxy) is 1. The van der Waals surface area contributed by atoms with E-state index >= 15 is 0 Å². The minimum absolute atomic E-state index is 0.360. The Bertz CT molecular complexity index is 461. The van der Waals surface area contributed by atoms with Gasteiger partial charge in [-0.2, -0.15) is 0 Å². The highest BCUT2D eigenvalue weighted by molar-refractivity contribution is 6.31. The first kappa shape index (κ1) is 16.8. The zero-order chi connectivity index (χ0) is 15.4. The van der Waals surface area contributed by atoms with Crippen molar-refractivity contribution >= 4 is 11.6 Å². The molecule has 3 heteroatoms. The largest absolute Gasteiger partial charge is 0.373 e. The van der Waals surface area contributed by atoms with Crippen molar-refractivity contribution in [2.75, 3.05) is 0 Å². The van der Waals surface area contributed by atoms with Crippen LogP contribution in [0.2, 0.25) is 5.02 Å². The second kappa shape index (κ2) is 7.62. The Hall–Kier alpha value is -0.570. The van der Waals surface area contributed by atoms with E-state index in [-0.39, 0.29) is 0 Å². The predicted molar refractivity (Wildman–Crippen MR) is 89.3 cm³/mol. The molecule has 1 aromatic carbocycles. The quantitative estimate of drug-likeness (QED) is 0.849. The number of nitrogens with two attached hydrogens (primary N) is 1. The van der Waals surface area contributed by atoms with Crippen LogP contribution in [-0.2, 0) is 17.9 Å². The van der Waals surface area contributed by atoms with E-state index in [1.54, 1.807) is 0 Å². The van der Waals surface area contributed by atoms with Crippen LogP contribution in [-0.4, -0.2) is 6.10 Å². The lowest BCUT2D eigenvalue weighted by atomic mass is 9.75. The Morgan fingerprint density at radius 1 is 1.33 bits per heavy atom. The van der Waals surface area contributed by atoms with Gasteiger partial charge < -0.3 is 10.5 Å². The van der Waals surface area contributed by atoms with Gasteiger partial charge >= 0.3 is 0 Å². The van der Waals surface area contributed by atoms with Crippen molar-refractivity contribution in [1.29, 1.82) is 0 Å². The summed E-state index contributed by atoms with van der Waals surface area (Å²) >= 11 is 6.32. The van der Waals surface area contributed by atoms with E-state index in [1.165, 1.54) is 19.3 Å². The van der Waals surface area contributed by atoms with Crippen molar-refractivity contribution in [2.24, 2.45) is 23.5 Å². The minimum atomic E-state index is 0.360. The third-order valence-electron chi connectivity index (χ3n) is 4.77. The maximum absolute atomic E-state index is 6.32. The topological polar surface area (TPSA) is 35.2 Å². The summed E-state index contributed by atoms with van der Waals surface area (Å²) in [5.41, 5.74) is 7.77. The first-order valence-corrected chi connectivity index (χ1v) is 8.48. The number of rotatable bonds is 5. The van der Waals surface area contributed by atoms with Crippen LogP contribution in [0.25, 0.3) is 0 Å². The second-order valence-electron chi connectivity index (χ2n) is 6.81. The summed E-state index contributed by atoms with van der Waals surface area (Å²) in [4.78, 5) is 0. The highest BCUT2D eigenvalue weighted by Gasteiger charge is 2.31. The normalized spacial score (nSPS) is 26.3. The van der Waals surface area contributed by atoms with E-state index in [2.05, 4.69) is 20.8 Å². The van der Waals surface area contributed by atoms with Crippen molar-refractivity contribution in [3.05, 3.63) is 34.3 Å². The molecule has 0 aromatic heterocycles. The van der Waals surface area contributed by atoms with Gasteiger partial charge in [0.25, 0.3) is 0 Å². The molecule has 3 atom stereocenters. The first-order valence-electron chi connectivity index (χ1n) is 8.10. The van der Waals surface area contributed by atoms with Crippen LogP contribution in [0.1, 0.15) is 51.2 Å². The molecule has 0 radical (unpaired) electrons. The van der Waals surface area contributed by atoms with Crippen molar-refractivity contribution < 1.29 is 4.74 Å². The number of hydrogen-bond donors (Lipinski definition) is 1. The molecular weight excluding hydrogens is 282 g/mol. The number of halogens is 1. The van der Waals surface area contributed by atoms with Crippen LogP contribution >= 0.6 is 11.6 Å². The SMILES string of the molecule is CC1CCC(C(C)C)C(OCc2ccc(CN)cc2Cl)C1. The van der Waals surface area contributed by atoms with E-state index in [1.807, 2.05) is 18.2 Å². The van der Waals surface area contributed by atoms with Gasteiger partial charge in [0.1, 0.15) is 0 Å². The standard InChI is InChI=1S/C18H28ClNO/c1-12(2)16-7-4-13(3)8-18(16)21-11-15-6-5-14(10-20)9-17(15)19/h5-6,9,12-13,16,18H,4,7-8,10-11,20H2,1-3H3. The molecule has 1 fully saturated rings. The molecule has 1 aromatic rings.